The van der Waals surface area contributed by atoms with Gasteiger partial charge in [0.15, 0.2) is 0 Å². The summed E-state index contributed by atoms with van der Waals surface area (Å²) in [5, 5.41) is 0. The second-order valence-corrected chi connectivity index (χ2v) is 2.61. The van der Waals surface area contributed by atoms with Gasteiger partial charge in [0.25, 0.3) is 0 Å². The molecule has 2 N–H and O–H groups in total. The average molecular weight is 184 g/mol. The Kier molecular flexibility index (Phi) is 2.28. The standard InChI is InChI=1S/C10H15NO2/c1-12-9-3-4-10(13-2)8(7-9)5-6-11/h3-4,7H,5-6,11H2,1-2H3/i1D3. The van der Waals surface area contributed by atoms with E-state index in [-0.39, 0.29) is 0 Å². The lowest BCUT2D eigenvalue weighted by molar-refractivity contribution is 0.399. The summed E-state index contributed by atoms with van der Waals surface area (Å²) in [6.07, 6.45) is 0.612. The predicted octanol–water partition coefficient (Wildman–Crippen LogP) is 1.21. The third-order valence-electron chi connectivity index (χ3n) is 1.78. The van der Waals surface area contributed by atoms with Crippen molar-refractivity contribution in [2.45, 2.75) is 6.42 Å². The van der Waals surface area contributed by atoms with Crippen molar-refractivity contribution in [1.29, 1.82) is 0 Å². The quantitative estimate of drug-likeness (QED) is 0.764. The minimum Gasteiger partial charge on any atom is -0.497 e. The van der Waals surface area contributed by atoms with E-state index in [9.17, 15) is 0 Å². The van der Waals surface area contributed by atoms with Crippen LogP contribution in [-0.2, 0) is 6.42 Å². The number of nitrogens with two attached hydrogens (primary N) is 1. The summed E-state index contributed by atoms with van der Waals surface area (Å²) < 4.78 is 30.9. The topological polar surface area (TPSA) is 44.5 Å². The average Bonchev–Trinajstić information content (AvgIpc) is 2.16. The first kappa shape index (κ1) is 6.27. The zero-order valence-electron chi connectivity index (χ0n) is 10.5. The van der Waals surface area contributed by atoms with E-state index in [1.807, 2.05) is 0 Å². The zero-order chi connectivity index (χ0) is 12.2. The van der Waals surface area contributed by atoms with Crippen molar-refractivity contribution in [3.05, 3.63) is 23.8 Å². The van der Waals surface area contributed by atoms with E-state index in [2.05, 4.69) is 0 Å². The van der Waals surface area contributed by atoms with Gasteiger partial charge >= 0.3 is 0 Å². The molecule has 0 aliphatic carbocycles. The van der Waals surface area contributed by atoms with E-state index in [4.69, 9.17) is 19.3 Å². The van der Waals surface area contributed by atoms with Crippen molar-refractivity contribution < 1.29 is 13.6 Å². The molecule has 0 spiro atoms. The molecule has 1 aromatic rings. The molecule has 0 saturated heterocycles. The Hall–Kier alpha value is -1.22. The maximum absolute atomic E-state index is 7.00. The highest BCUT2D eigenvalue weighted by Crippen LogP contribution is 2.23. The molecule has 0 aliphatic heterocycles. The van der Waals surface area contributed by atoms with Crippen molar-refractivity contribution >= 4 is 0 Å². The zero-order valence-corrected chi connectivity index (χ0v) is 7.54. The smallest absolute Gasteiger partial charge is 0.122 e. The molecule has 0 aromatic heterocycles. The molecular weight excluding hydrogens is 166 g/mol. The molecule has 0 saturated carbocycles. The molecule has 72 valence electrons. The lowest BCUT2D eigenvalue weighted by Crippen LogP contribution is -2.04. The van der Waals surface area contributed by atoms with Crippen molar-refractivity contribution in [3.63, 3.8) is 0 Å². The van der Waals surface area contributed by atoms with Gasteiger partial charge in [-0.05, 0) is 36.7 Å². The van der Waals surface area contributed by atoms with Gasteiger partial charge in [-0.15, -0.1) is 0 Å². The second kappa shape index (κ2) is 4.72. The van der Waals surface area contributed by atoms with Gasteiger partial charge in [0, 0.05) is 0 Å². The van der Waals surface area contributed by atoms with Crippen LogP contribution in [0.15, 0.2) is 18.2 Å². The number of ether oxygens (including phenoxy) is 2. The summed E-state index contributed by atoms with van der Waals surface area (Å²) in [7, 11) is -0.881. The molecule has 0 atom stereocenters. The SMILES string of the molecule is [2H]C([2H])([2H])Oc1ccc(OC)c(CCN)c1. The van der Waals surface area contributed by atoms with Crippen molar-refractivity contribution in [2.24, 2.45) is 5.73 Å². The fraction of sp³-hybridized carbons (Fsp3) is 0.400. The summed E-state index contributed by atoms with van der Waals surface area (Å²) in [6.45, 7) is 0.466. The lowest BCUT2D eigenvalue weighted by atomic mass is 10.1. The van der Waals surface area contributed by atoms with E-state index in [1.165, 1.54) is 0 Å². The van der Waals surface area contributed by atoms with Crippen LogP contribution in [0.5, 0.6) is 11.5 Å². The van der Waals surface area contributed by atoms with Crippen LogP contribution in [0.4, 0.5) is 0 Å². The van der Waals surface area contributed by atoms with Gasteiger partial charge in [-0.1, -0.05) is 0 Å². The fourth-order valence-electron chi connectivity index (χ4n) is 1.17. The molecule has 0 aliphatic rings. The van der Waals surface area contributed by atoms with Crippen LogP contribution >= 0.6 is 0 Å². The van der Waals surface area contributed by atoms with E-state index in [0.29, 0.717) is 24.5 Å². The van der Waals surface area contributed by atoms with E-state index in [0.717, 1.165) is 5.56 Å². The molecule has 0 unspecified atom stereocenters. The van der Waals surface area contributed by atoms with Crippen LogP contribution in [-0.4, -0.2) is 20.7 Å². The van der Waals surface area contributed by atoms with Crippen LogP contribution in [0, 0.1) is 0 Å². The number of hydrogen-bond donors (Lipinski definition) is 1. The number of rotatable bonds is 4. The van der Waals surface area contributed by atoms with E-state index < -0.39 is 7.04 Å². The molecule has 0 radical (unpaired) electrons. The summed E-state index contributed by atoms with van der Waals surface area (Å²) >= 11 is 0. The lowest BCUT2D eigenvalue weighted by Gasteiger charge is -2.08. The normalized spacial score (nSPS) is 14.2. The highest BCUT2D eigenvalue weighted by Gasteiger charge is 2.03. The summed E-state index contributed by atoms with van der Waals surface area (Å²) in [4.78, 5) is 0. The molecule has 1 aromatic carbocycles. The maximum Gasteiger partial charge on any atom is 0.122 e. The predicted molar refractivity (Wildman–Crippen MR) is 52.3 cm³/mol. The minimum atomic E-state index is -2.44. The highest BCUT2D eigenvalue weighted by atomic mass is 16.5. The largest absolute Gasteiger partial charge is 0.497 e. The first-order chi connectivity index (χ1) is 7.46. The first-order valence-corrected chi connectivity index (χ1v) is 4.02. The molecule has 0 heterocycles. The van der Waals surface area contributed by atoms with Crippen molar-refractivity contribution in [3.8, 4) is 11.5 Å². The van der Waals surface area contributed by atoms with Gasteiger partial charge in [0.1, 0.15) is 11.5 Å². The van der Waals surface area contributed by atoms with Gasteiger partial charge in [-0.2, -0.15) is 0 Å². The Morgan fingerprint density at radius 3 is 2.92 bits per heavy atom. The first-order valence-electron chi connectivity index (χ1n) is 5.52. The van der Waals surface area contributed by atoms with Crippen LogP contribution in [0.2, 0.25) is 0 Å². The Bertz CT molecular complexity index is 352. The number of benzene rings is 1. The van der Waals surface area contributed by atoms with Crippen LogP contribution in [0.1, 0.15) is 9.68 Å². The van der Waals surface area contributed by atoms with E-state index >= 15 is 0 Å². The monoisotopic (exact) mass is 184 g/mol. The Morgan fingerprint density at radius 1 is 1.46 bits per heavy atom. The third kappa shape index (κ3) is 2.36. The fourth-order valence-corrected chi connectivity index (χ4v) is 1.17. The van der Waals surface area contributed by atoms with Crippen molar-refractivity contribution in [1.82, 2.24) is 0 Å². The second-order valence-electron chi connectivity index (χ2n) is 2.61. The van der Waals surface area contributed by atoms with Crippen LogP contribution in [0.3, 0.4) is 0 Å². The Balaban J connectivity index is 2.93. The summed E-state index contributed by atoms with van der Waals surface area (Å²) in [5.74, 6) is 0.979. The molecule has 3 nitrogen and oxygen atoms in total. The van der Waals surface area contributed by atoms with Crippen LogP contribution in [0.25, 0.3) is 0 Å². The molecule has 0 fully saturated rings. The Morgan fingerprint density at radius 2 is 2.31 bits per heavy atom. The van der Waals surface area contributed by atoms with Gasteiger partial charge < -0.3 is 15.2 Å². The van der Waals surface area contributed by atoms with Crippen molar-refractivity contribution in [2.75, 3.05) is 20.7 Å². The molecule has 13 heavy (non-hydrogen) atoms. The van der Waals surface area contributed by atoms with Gasteiger partial charge in [-0.25, -0.2) is 0 Å². The van der Waals surface area contributed by atoms with Gasteiger partial charge in [-0.3, -0.25) is 0 Å². The van der Waals surface area contributed by atoms with Gasteiger partial charge in [0.2, 0.25) is 0 Å². The summed E-state index contributed by atoms with van der Waals surface area (Å²) in [6, 6.07) is 4.87. The third-order valence-corrected chi connectivity index (χ3v) is 1.78. The number of hydrogen-bond acceptors (Lipinski definition) is 3. The number of methoxy groups -OCH3 is 2. The van der Waals surface area contributed by atoms with E-state index in [1.54, 1.807) is 25.3 Å². The summed E-state index contributed by atoms with van der Waals surface area (Å²) in [5.41, 5.74) is 6.29. The molecular formula is C10H15NO2. The van der Waals surface area contributed by atoms with Crippen LogP contribution < -0.4 is 15.2 Å². The molecule has 3 heteroatoms. The maximum atomic E-state index is 7.00. The molecule has 0 bridgehead atoms. The molecule has 0 amide bonds. The molecule has 1 rings (SSSR count). The Labute approximate surface area is 82.7 Å². The van der Waals surface area contributed by atoms with Gasteiger partial charge in [0.05, 0.1) is 18.3 Å². The minimum absolute atomic E-state index is 0.296. The highest BCUT2D eigenvalue weighted by molar-refractivity contribution is 5.40.